The maximum atomic E-state index is 13.6. The van der Waals surface area contributed by atoms with Crippen LogP contribution in [0.15, 0.2) is 48.1 Å². The van der Waals surface area contributed by atoms with Gasteiger partial charge < -0.3 is 19.3 Å². The molecule has 30 heavy (non-hydrogen) atoms. The van der Waals surface area contributed by atoms with Crippen molar-refractivity contribution in [3.8, 4) is 5.75 Å². The molecule has 0 aromatic heterocycles. The fourth-order valence-electron chi connectivity index (χ4n) is 2.42. The molecular formula is C21H25F3O6. The highest BCUT2D eigenvalue weighted by molar-refractivity contribution is 5.94. The molecule has 0 radical (unpaired) electrons. The first kappa shape index (κ1) is 25.2. The SMILES string of the molecule is CCOC(=O)C/C(=C\C=C\C(O)(c1ccc(OCC)cc1)C(F)(F)F)C(=O)OCC. The van der Waals surface area contributed by atoms with E-state index in [1.165, 1.54) is 12.1 Å². The molecule has 0 aliphatic rings. The minimum absolute atomic E-state index is 0.0153. The molecule has 0 saturated carbocycles. The van der Waals surface area contributed by atoms with Crippen molar-refractivity contribution in [2.75, 3.05) is 19.8 Å². The van der Waals surface area contributed by atoms with Crippen LogP contribution in [0.2, 0.25) is 0 Å². The summed E-state index contributed by atoms with van der Waals surface area (Å²) >= 11 is 0. The lowest BCUT2D eigenvalue weighted by molar-refractivity contribution is -0.245. The molecule has 9 heteroatoms. The van der Waals surface area contributed by atoms with Crippen LogP contribution in [-0.4, -0.2) is 43.0 Å². The Morgan fingerprint density at radius 3 is 2.10 bits per heavy atom. The number of rotatable bonds is 10. The lowest BCUT2D eigenvalue weighted by atomic mass is 9.92. The Hall–Kier alpha value is -2.81. The number of carbonyl (C=O) groups is 2. The number of hydrogen-bond donors (Lipinski definition) is 1. The standard InChI is InChI=1S/C21H25F3O6/c1-4-28-17-11-9-16(10-12-17)20(27,21(22,23)24)13-7-8-15(19(26)30-6-3)14-18(25)29-5-2/h7-13,27H,4-6,14H2,1-3H3/b13-7+,15-8+. The van der Waals surface area contributed by atoms with Gasteiger partial charge in [-0.25, -0.2) is 4.79 Å². The zero-order valence-corrected chi connectivity index (χ0v) is 17.0. The van der Waals surface area contributed by atoms with E-state index in [4.69, 9.17) is 14.2 Å². The van der Waals surface area contributed by atoms with Gasteiger partial charge in [0.15, 0.2) is 0 Å². The zero-order chi connectivity index (χ0) is 22.8. The molecule has 1 rings (SSSR count). The summed E-state index contributed by atoms with van der Waals surface area (Å²) in [5.74, 6) is -1.25. The summed E-state index contributed by atoms with van der Waals surface area (Å²) < 4.78 is 55.7. The number of halogens is 3. The molecule has 1 N–H and O–H groups in total. The first-order valence-corrected chi connectivity index (χ1v) is 9.32. The fourth-order valence-corrected chi connectivity index (χ4v) is 2.42. The van der Waals surface area contributed by atoms with E-state index in [1.54, 1.807) is 20.8 Å². The molecule has 1 unspecified atom stereocenters. The first-order valence-electron chi connectivity index (χ1n) is 9.32. The van der Waals surface area contributed by atoms with Crippen molar-refractivity contribution in [3.63, 3.8) is 0 Å². The van der Waals surface area contributed by atoms with Gasteiger partial charge in [0.1, 0.15) is 5.75 Å². The number of aliphatic hydroxyl groups is 1. The molecule has 0 spiro atoms. The van der Waals surface area contributed by atoms with Gasteiger partial charge in [-0.2, -0.15) is 13.2 Å². The average molecular weight is 430 g/mol. The molecule has 0 fully saturated rings. The molecule has 0 amide bonds. The molecule has 1 aromatic carbocycles. The number of allylic oxidation sites excluding steroid dienone is 2. The van der Waals surface area contributed by atoms with Gasteiger partial charge in [-0.05, 0) is 44.5 Å². The largest absolute Gasteiger partial charge is 0.494 e. The van der Waals surface area contributed by atoms with E-state index in [2.05, 4.69) is 0 Å². The number of alkyl halides is 3. The van der Waals surface area contributed by atoms with E-state index in [0.29, 0.717) is 18.4 Å². The quantitative estimate of drug-likeness (QED) is 0.345. The van der Waals surface area contributed by atoms with Crippen LogP contribution < -0.4 is 4.74 Å². The van der Waals surface area contributed by atoms with Crippen molar-refractivity contribution in [2.24, 2.45) is 0 Å². The van der Waals surface area contributed by atoms with Crippen molar-refractivity contribution in [3.05, 3.63) is 53.6 Å². The Labute approximate surface area is 172 Å². The summed E-state index contributed by atoms with van der Waals surface area (Å²) in [4.78, 5) is 23.6. The lowest BCUT2D eigenvalue weighted by Gasteiger charge is -2.28. The number of ether oxygens (including phenoxy) is 3. The van der Waals surface area contributed by atoms with E-state index in [-0.39, 0.29) is 18.8 Å². The third-order valence-electron chi connectivity index (χ3n) is 3.85. The molecule has 166 valence electrons. The molecule has 0 saturated heterocycles. The van der Waals surface area contributed by atoms with Crippen LogP contribution in [0.5, 0.6) is 5.75 Å². The molecule has 0 aliphatic carbocycles. The summed E-state index contributed by atoms with van der Waals surface area (Å²) in [6, 6.07) is 4.81. The Kier molecular flexibility index (Phi) is 9.58. The van der Waals surface area contributed by atoms with Gasteiger partial charge in [-0.3, -0.25) is 4.79 Å². The maximum absolute atomic E-state index is 13.6. The average Bonchev–Trinajstić information content (AvgIpc) is 2.67. The lowest BCUT2D eigenvalue weighted by Crippen LogP contribution is -2.40. The van der Waals surface area contributed by atoms with Crippen LogP contribution in [-0.2, 0) is 24.7 Å². The van der Waals surface area contributed by atoms with E-state index in [1.807, 2.05) is 0 Å². The van der Waals surface area contributed by atoms with Crippen LogP contribution in [0.4, 0.5) is 13.2 Å². The summed E-state index contributed by atoms with van der Waals surface area (Å²) in [5.41, 5.74) is -3.97. The van der Waals surface area contributed by atoms with Crippen LogP contribution in [0.25, 0.3) is 0 Å². The van der Waals surface area contributed by atoms with Gasteiger partial charge in [0, 0.05) is 5.57 Å². The number of esters is 2. The van der Waals surface area contributed by atoms with Crippen LogP contribution in [0, 0.1) is 0 Å². The minimum atomic E-state index is -5.05. The van der Waals surface area contributed by atoms with Gasteiger partial charge in [0.05, 0.1) is 26.2 Å². The Balaban J connectivity index is 3.25. The maximum Gasteiger partial charge on any atom is 0.425 e. The minimum Gasteiger partial charge on any atom is -0.494 e. The number of carbonyl (C=O) groups excluding carboxylic acids is 2. The van der Waals surface area contributed by atoms with Crippen molar-refractivity contribution in [1.82, 2.24) is 0 Å². The number of hydrogen-bond acceptors (Lipinski definition) is 6. The summed E-state index contributed by atoms with van der Waals surface area (Å²) in [6.07, 6.45) is -3.19. The Morgan fingerprint density at radius 1 is 1.00 bits per heavy atom. The van der Waals surface area contributed by atoms with Crippen LogP contribution in [0.1, 0.15) is 32.8 Å². The monoisotopic (exact) mass is 430 g/mol. The molecule has 6 nitrogen and oxygen atoms in total. The second-order valence-corrected chi connectivity index (χ2v) is 5.97. The third kappa shape index (κ3) is 6.91. The summed E-state index contributed by atoms with van der Waals surface area (Å²) in [6.45, 7) is 5.28. The topological polar surface area (TPSA) is 82.1 Å². The normalized spacial score (nSPS) is 14.3. The third-order valence-corrected chi connectivity index (χ3v) is 3.85. The molecule has 1 atom stereocenters. The second kappa shape index (κ2) is 11.4. The highest BCUT2D eigenvalue weighted by Crippen LogP contribution is 2.40. The smallest absolute Gasteiger partial charge is 0.425 e. The highest BCUT2D eigenvalue weighted by Gasteiger charge is 2.53. The van der Waals surface area contributed by atoms with Gasteiger partial charge in [0.2, 0.25) is 5.60 Å². The zero-order valence-electron chi connectivity index (χ0n) is 17.0. The van der Waals surface area contributed by atoms with Crippen LogP contribution in [0.3, 0.4) is 0 Å². The molecule has 0 bridgehead atoms. The molecular weight excluding hydrogens is 405 g/mol. The van der Waals surface area contributed by atoms with Gasteiger partial charge in [-0.15, -0.1) is 0 Å². The molecule has 0 aliphatic heterocycles. The van der Waals surface area contributed by atoms with E-state index in [0.717, 1.165) is 24.3 Å². The van der Waals surface area contributed by atoms with Crippen LogP contribution >= 0.6 is 0 Å². The van der Waals surface area contributed by atoms with Crippen molar-refractivity contribution in [1.29, 1.82) is 0 Å². The Morgan fingerprint density at radius 2 is 1.60 bits per heavy atom. The highest BCUT2D eigenvalue weighted by atomic mass is 19.4. The van der Waals surface area contributed by atoms with E-state index >= 15 is 0 Å². The molecule has 0 heterocycles. The van der Waals surface area contributed by atoms with Gasteiger partial charge in [-0.1, -0.05) is 24.3 Å². The predicted octanol–water partition coefficient (Wildman–Crippen LogP) is 3.83. The Bertz CT molecular complexity index is 768. The van der Waals surface area contributed by atoms with E-state index in [9.17, 15) is 27.9 Å². The van der Waals surface area contributed by atoms with Crippen molar-refractivity contribution < 1.29 is 42.1 Å². The van der Waals surface area contributed by atoms with Gasteiger partial charge in [0.25, 0.3) is 0 Å². The molecule has 1 aromatic rings. The summed E-state index contributed by atoms with van der Waals surface area (Å²) in [5, 5.41) is 10.4. The van der Waals surface area contributed by atoms with Gasteiger partial charge >= 0.3 is 18.1 Å². The predicted molar refractivity (Wildman–Crippen MR) is 103 cm³/mol. The summed E-state index contributed by atoms with van der Waals surface area (Å²) in [7, 11) is 0. The fraction of sp³-hybridized carbons (Fsp3) is 0.429. The second-order valence-electron chi connectivity index (χ2n) is 5.97. The van der Waals surface area contributed by atoms with Crippen molar-refractivity contribution >= 4 is 11.9 Å². The first-order chi connectivity index (χ1) is 14.1. The van der Waals surface area contributed by atoms with E-state index < -0.39 is 35.7 Å². The van der Waals surface area contributed by atoms with Crippen molar-refractivity contribution in [2.45, 2.75) is 39.0 Å². The number of benzene rings is 1.